The molecule has 1 saturated heterocycles. The van der Waals surface area contributed by atoms with Crippen molar-refractivity contribution in [3.8, 4) is 0 Å². The van der Waals surface area contributed by atoms with Gasteiger partial charge in [-0.3, -0.25) is 9.78 Å². The average molecular weight is 360 g/mol. The molecule has 0 unspecified atom stereocenters. The van der Waals surface area contributed by atoms with Crippen LogP contribution < -0.4 is 15.4 Å². The van der Waals surface area contributed by atoms with Crippen LogP contribution in [0.5, 0.6) is 0 Å². The number of sulfonamides is 1. The number of amides is 1. The van der Waals surface area contributed by atoms with Crippen molar-refractivity contribution < 1.29 is 13.2 Å². The van der Waals surface area contributed by atoms with Crippen molar-refractivity contribution in [2.45, 2.75) is 23.9 Å². The largest absolute Gasteiger partial charge is 0.348 e. The van der Waals surface area contributed by atoms with Crippen LogP contribution in [0.1, 0.15) is 22.5 Å². The van der Waals surface area contributed by atoms with Crippen LogP contribution in [0.15, 0.2) is 53.6 Å². The Labute approximate surface area is 146 Å². The first kappa shape index (κ1) is 17.5. The van der Waals surface area contributed by atoms with Gasteiger partial charge in [0.2, 0.25) is 10.0 Å². The standard InChI is InChI=1S/C17H20N4O3S/c22-17(21-15-7-9-18-11-15)13-4-3-6-16(10-13)25(23,24)20-12-14-5-1-2-8-19-14/h1-6,8,10,15,18,20H,7,9,11-12H2,(H,21,22)/t15-/m0/s1. The van der Waals surface area contributed by atoms with Gasteiger partial charge in [0.15, 0.2) is 0 Å². The Kier molecular flexibility index (Phi) is 5.42. The fourth-order valence-corrected chi connectivity index (χ4v) is 3.65. The summed E-state index contributed by atoms with van der Waals surface area (Å²) in [6.07, 6.45) is 2.47. The molecule has 1 atom stereocenters. The number of aromatic nitrogens is 1. The monoisotopic (exact) mass is 360 g/mol. The highest BCUT2D eigenvalue weighted by molar-refractivity contribution is 7.89. The van der Waals surface area contributed by atoms with Crippen LogP contribution in [0.25, 0.3) is 0 Å². The summed E-state index contributed by atoms with van der Waals surface area (Å²) in [6, 6.07) is 11.4. The topological polar surface area (TPSA) is 100 Å². The number of nitrogens with one attached hydrogen (secondary N) is 3. The Bertz CT molecular complexity index is 834. The highest BCUT2D eigenvalue weighted by atomic mass is 32.2. The molecule has 1 aromatic carbocycles. The maximum absolute atomic E-state index is 12.4. The Hall–Kier alpha value is -2.29. The van der Waals surface area contributed by atoms with Gasteiger partial charge in [0.1, 0.15) is 0 Å². The molecule has 0 spiro atoms. The average Bonchev–Trinajstić information content (AvgIpc) is 3.14. The number of pyridine rings is 1. The Morgan fingerprint density at radius 2 is 2.12 bits per heavy atom. The van der Waals surface area contributed by atoms with E-state index in [0.29, 0.717) is 11.3 Å². The third-order valence-corrected chi connectivity index (χ3v) is 5.37. The molecule has 8 heteroatoms. The first-order valence-corrected chi connectivity index (χ1v) is 9.54. The van der Waals surface area contributed by atoms with E-state index in [1.165, 1.54) is 12.1 Å². The highest BCUT2D eigenvalue weighted by Crippen LogP contribution is 2.13. The van der Waals surface area contributed by atoms with E-state index in [2.05, 4.69) is 20.3 Å². The van der Waals surface area contributed by atoms with Gasteiger partial charge < -0.3 is 10.6 Å². The van der Waals surface area contributed by atoms with Crippen LogP contribution in [-0.4, -0.2) is 38.4 Å². The molecule has 0 aliphatic carbocycles. The van der Waals surface area contributed by atoms with Crippen molar-refractivity contribution in [3.63, 3.8) is 0 Å². The fourth-order valence-electron chi connectivity index (χ4n) is 2.61. The van der Waals surface area contributed by atoms with E-state index in [1.54, 1.807) is 36.5 Å². The molecular formula is C17H20N4O3S. The predicted molar refractivity (Wildman–Crippen MR) is 93.4 cm³/mol. The summed E-state index contributed by atoms with van der Waals surface area (Å²) >= 11 is 0. The van der Waals surface area contributed by atoms with Crippen molar-refractivity contribution in [2.24, 2.45) is 0 Å². The Morgan fingerprint density at radius 1 is 1.24 bits per heavy atom. The van der Waals surface area contributed by atoms with E-state index in [-0.39, 0.29) is 23.4 Å². The van der Waals surface area contributed by atoms with Crippen LogP contribution >= 0.6 is 0 Å². The molecule has 1 aliphatic rings. The van der Waals surface area contributed by atoms with Crippen molar-refractivity contribution >= 4 is 15.9 Å². The molecule has 0 saturated carbocycles. The molecule has 1 fully saturated rings. The lowest BCUT2D eigenvalue weighted by Gasteiger charge is -2.12. The molecule has 1 aliphatic heterocycles. The zero-order valence-corrected chi connectivity index (χ0v) is 14.4. The number of rotatable bonds is 6. The van der Waals surface area contributed by atoms with Gasteiger partial charge in [0.05, 0.1) is 17.1 Å². The first-order valence-electron chi connectivity index (χ1n) is 8.06. The number of nitrogens with zero attached hydrogens (tertiary/aromatic N) is 1. The zero-order chi connectivity index (χ0) is 17.7. The summed E-state index contributed by atoms with van der Waals surface area (Å²) < 4.78 is 27.4. The van der Waals surface area contributed by atoms with E-state index >= 15 is 0 Å². The predicted octanol–water partition coefficient (Wildman–Crippen LogP) is 0.652. The lowest BCUT2D eigenvalue weighted by molar-refractivity contribution is 0.0940. The minimum absolute atomic E-state index is 0.0561. The molecule has 0 radical (unpaired) electrons. The molecule has 7 nitrogen and oxygen atoms in total. The molecule has 1 amide bonds. The number of hydrogen-bond donors (Lipinski definition) is 3. The van der Waals surface area contributed by atoms with Crippen LogP contribution in [0.4, 0.5) is 0 Å². The number of benzene rings is 1. The van der Waals surface area contributed by atoms with Gasteiger partial charge in [-0.15, -0.1) is 0 Å². The second-order valence-electron chi connectivity index (χ2n) is 5.84. The quantitative estimate of drug-likeness (QED) is 0.702. The number of hydrogen-bond acceptors (Lipinski definition) is 5. The van der Waals surface area contributed by atoms with Gasteiger partial charge >= 0.3 is 0 Å². The van der Waals surface area contributed by atoms with Crippen molar-refractivity contribution in [2.75, 3.05) is 13.1 Å². The smallest absolute Gasteiger partial charge is 0.251 e. The molecule has 2 heterocycles. The summed E-state index contributed by atoms with van der Waals surface area (Å²) in [7, 11) is -3.72. The van der Waals surface area contributed by atoms with Gasteiger partial charge in [-0.25, -0.2) is 13.1 Å². The third-order valence-electron chi connectivity index (χ3n) is 3.97. The lowest BCUT2D eigenvalue weighted by Crippen LogP contribution is -2.36. The van der Waals surface area contributed by atoms with E-state index in [0.717, 1.165) is 19.5 Å². The second-order valence-corrected chi connectivity index (χ2v) is 7.60. The van der Waals surface area contributed by atoms with E-state index < -0.39 is 10.0 Å². The number of carbonyl (C=O) groups is 1. The molecule has 3 rings (SSSR count). The van der Waals surface area contributed by atoms with Crippen LogP contribution in [0.2, 0.25) is 0 Å². The first-order chi connectivity index (χ1) is 12.0. The third kappa shape index (κ3) is 4.62. The van der Waals surface area contributed by atoms with Crippen LogP contribution in [0, 0.1) is 0 Å². The molecule has 0 bridgehead atoms. The molecule has 132 valence electrons. The second kappa shape index (κ2) is 7.73. The van der Waals surface area contributed by atoms with Crippen molar-refractivity contribution in [1.29, 1.82) is 0 Å². The minimum Gasteiger partial charge on any atom is -0.348 e. The van der Waals surface area contributed by atoms with E-state index in [1.807, 2.05) is 0 Å². The van der Waals surface area contributed by atoms with Crippen molar-refractivity contribution in [1.82, 2.24) is 20.3 Å². The molecule has 3 N–H and O–H groups in total. The van der Waals surface area contributed by atoms with Gasteiger partial charge in [-0.05, 0) is 43.3 Å². The summed E-state index contributed by atoms with van der Waals surface area (Å²) in [5, 5.41) is 6.08. The van der Waals surface area contributed by atoms with Crippen LogP contribution in [-0.2, 0) is 16.6 Å². The normalized spacial score (nSPS) is 17.4. The van der Waals surface area contributed by atoms with Gasteiger partial charge in [-0.2, -0.15) is 0 Å². The fraction of sp³-hybridized carbons (Fsp3) is 0.294. The van der Waals surface area contributed by atoms with Gasteiger partial charge in [0, 0.05) is 24.3 Å². The summed E-state index contributed by atoms with van der Waals surface area (Å²) in [6.45, 7) is 1.69. The van der Waals surface area contributed by atoms with E-state index in [4.69, 9.17) is 0 Å². The molecule has 25 heavy (non-hydrogen) atoms. The maximum Gasteiger partial charge on any atom is 0.251 e. The lowest BCUT2D eigenvalue weighted by atomic mass is 10.2. The highest BCUT2D eigenvalue weighted by Gasteiger charge is 2.20. The Balaban J connectivity index is 1.69. The summed E-state index contributed by atoms with van der Waals surface area (Å²) in [4.78, 5) is 16.4. The van der Waals surface area contributed by atoms with Gasteiger partial charge in [-0.1, -0.05) is 12.1 Å². The zero-order valence-electron chi connectivity index (χ0n) is 13.6. The minimum atomic E-state index is -3.72. The van der Waals surface area contributed by atoms with Gasteiger partial charge in [0.25, 0.3) is 5.91 Å². The van der Waals surface area contributed by atoms with Crippen LogP contribution in [0.3, 0.4) is 0 Å². The maximum atomic E-state index is 12.4. The summed E-state index contributed by atoms with van der Waals surface area (Å²) in [5.41, 5.74) is 0.946. The molecular weight excluding hydrogens is 340 g/mol. The molecule has 1 aromatic heterocycles. The number of carbonyl (C=O) groups excluding carboxylic acids is 1. The van der Waals surface area contributed by atoms with Crippen molar-refractivity contribution in [3.05, 3.63) is 59.9 Å². The van der Waals surface area contributed by atoms with E-state index in [9.17, 15) is 13.2 Å². The summed E-state index contributed by atoms with van der Waals surface area (Å²) in [5.74, 6) is -0.268. The molecule has 2 aromatic rings. The Morgan fingerprint density at radius 3 is 2.84 bits per heavy atom. The SMILES string of the molecule is O=C(N[C@H]1CCNC1)c1cccc(S(=O)(=O)NCc2ccccn2)c1.